The number of likely N-dealkylation sites (N-methyl/N-ethyl adjacent to an activating group) is 1. The number of rotatable bonds is 3. The highest BCUT2D eigenvalue weighted by Gasteiger charge is 2.41. The van der Waals surface area contributed by atoms with Gasteiger partial charge in [0.2, 0.25) is 15.9 Å². The van der Waals surface area contributed by atoms with Crippen LogP contribution >= 0.6 is 0 Å². The second-order valence-electron chi connectivity index (χ2n) is 7.62. The van der Waals surface area contributed by atoms with Gasteiger partial charge in [-0.1, -0.05) is 24.3 Å². The molecule has 2 aromatic carbocycles. The highest BCUT2D eigenvalue weighted by atomic mass is 32.2. The molecule has 0 bridgehead atoms. The zero-order valence-electron chi connectivity index (χ0n) is 16.3. The minimum absolute atomic E-state index is 0.00513. The van der Waals surface area contributed by atoms with Gasteiger partial charge >= 0.3 is 0 Å². The summed E-state index contributed by atoms with van der Waals surface area (Å²) in [6.45, 7) is 2.81. The molecule has 0 aromatic heterocycles. The third-order valence-corrected chi connectivity index (χ3v) is 7.59. The zero-order valence-corrected chi connectivity index (χ0v) is 17.1. The molecule has 0 unspecified atom stereocenters. The van der Waals surface area contributed by atoms with E-state index in [0.717, 1.165) is 36.3 Å². The van der Waals surface area contributed by atoms with Crippen LogP contribution in [0.1, 0.15) is 11.1 Å². The van der Waals surface area contributed by atoms with Crippen LogP contribution in [-0.4, -0.2) is 67.7 Å². The van der Waals surface area contributed by atoms with Crippen molar-refractivity contribution in [3.05, 3.63) is 65.5 Å². The van der Waals surface area contributed by atoms with Gasteiger partial charge in [-0.2, -0.15) is 4.31 Å². The fraction of sp³-hybridized carbons (Fsp3) is 0.381. The number of halogens is 1. The third kappa shape index (κ3) is 3.92. The lowest BCUT2D eigenvalue weighted by atomic mass is 9.95. The lowest BCUT2D eigenvalue weighted by molar-refractivity contribution is -0.137. The zero-order chi connectivity index (χ0) is 20.6. The van der Waals surface area contributed by atoms with Crippen molar-refractivity contribution in [1.29, 1.82) is 0 Å². The second-order valence-corrected chi connectivity index (χ2v) is 9.51. The summed E-state index contributed by atoms with van der Waals surface area (Å²) in [4.78, 5) is 17.2. The average Bonchev–Trinajstić information content (AvgIpc) is 2.73. The first-order valence-corrected chi connectivity index (χ1v) is 11.1. The van der Waals surface area contributed by atoms with Crippen molar-refractivity contribution in [3.8, 4) is 0 Å². The highest BCUT2D eigenvalue weighted by molar-refractivity contribution is 7.89. The van der Waals surface area contributed by atoms with Crippen molar-refractivity contribution >= 4 is 15.9 Å². The quantitative estimate of drug-likeness (QED) is 0.763. The maximum atomic E-state index is 13.4. The lowest BCUT2D eigenvalue weighted by Gasteiger charge is -2.40. The number of amides is 1. The van der Waals surface area contributed by atoms with Crippen LogP contribution < -0.4 is 0 Å². The Morgan fingerprint density at radius 3 is 2.24 bits per heavy atom. The number of piperazine rings is 1. The predicted molar refractivity (Wildman–Crippen MR) is 107 cm³/mol. The molecule has 1 atom stereocenters. The molecule has 1 saturated heterocycles. The smallest absolute Gasteiger partial charge is 0.244 e. The van der Waals surface area contributed by atoms with Crippen LogP contribution in [0.25, 0.3) is 0 Å². The highest BCUT2D eigenvalue weighted by Crippen LogP contribution is 2.30. The molecule has 2 aromatic rings. The summed E-state index contributed by atoms with van der Waals surface area (Å²) in [6, 6.07) is 11.6. The van der Waals surface area contributed by atoms with E-state index < -0.39 is 21.9 Å². The largest absolute Gasteiger partial charge is 0.339 e. The first kappa shape index (κ1) is 20.0. The van der Waals surface area contributed by atoms with E-state index >= 15 is 0 Å². The first-order valence-electron chi connectivity index (χ1n) is 9.68. The van der Waals surface area contributed by atoms with Crippen LogP contribution in [0.15, 0.2) is 53.4 Å². The van der Waals surface area contributed by atoms with Gasteiger partial charge < -0.3 is 9.80 Å². The number of carbonyl (C=O) groups excluding carboxylic acids is 1. The summed E-state index contributed by atoms with van der Waals surface area (Å²) in [5, 5.41) is 0. The Morgan fingerprint density at radius 2 is 1.59 bits per heavy atom. The summed E-state index contributed by atoms with van der Waals surface area (Å²) in [5.41, 5.74) is 1.88. The Morgan fingerprint density at radius 1 is 0.966 bits per heavy atom. The summed E-state index contributed by atoms with van der Waals surface area (Å²) < 4.78 is 41.4. The van der Waals surface area contributed by atoms with E-state index in [1.165, 1.54) is 16.4 Å². The molecular weight excluding hydrogens is 393 g/mol. The first-order chi connectivity index (χ1) is 13.9. The number of nitrogens with zero attached hydrogens (tertiary/aromatic N) is 3. The SMILES string of the molecule is CN1CCN(C(=O)[C@H]2Cc3ccccc3CN2S(=O)(=O)c2ccc(F)cc2)CC1. The van der Waals surface area contributed by atoms with Crippen molar-refractivity contribution < 1.29 is 17.6 Å². The van der Waals surface area contributed by atoms with E-state index in [9.17, 15) is 17.6 Å². The molecule has 2 aliphatic heterocycles. The van der Waals surface area contributed by atoms with E-state index in [0.29, 0.717) is 19.5 Å². The maximum absolute atomic E-state index is 13.4. The summed E-state index contributed by atoms with van der Waals surface area (Å²) in [7, 11) is -1.95. The molecule has 0 N–H and O–H groups in total. The number of hydrogen-bond donors (Lipinski definition) is 0. The average molecular weight is 418 g/mol. The Balaban J connectivity index is 1.70. The molecule has 154 valence electrons. The van der Waals surface area contributed by atoms with E-state index in [2.05, 4.69) is 4.90 Å². The van der Waals surface area contributed by atoms with Gasteiger partial charge in [0.25, 0.3) is 0 Å². The van der Waals surface area contributed by atoms with E-state index in [-0.39, 0.29) is 17.3 Å². The number of sulfonamides is 1. The molecule has 0 saturated carbocycles. The topological polar surface area (TPSA) is 60.9 Å². The predicted octanol–water partition coefficient (Wildman–Crippen LogP) is 1.72. The molecule has 0 aliphatic carbocycles. The number of hydrogen-bond acceptors (Lipinski definition) is 4. The Bertz CT molecular complexity index is 1000. The molecule has 1 fully saturated rings. The lowest BCUT2D eigenvalue weighted by Crippen LogP contribution is -2.57. The minimum atomic E-state index is -3.96. The molecule has 0 spiro atoms. The van der Waals surface area contributed by atoms with Crippen LogP contribution in [-0.2, 0) is 27.8 Å². The van der Waals surface area contributed by atoms with Crippen molar-refractivity contribution in [3.63, 3.8) is 0 Å². The Labute approximate surface area is 170 Å². The summed E-state index contributed by atoms with van der Waals surface area (Å²) in [6.07, 6.45) is 0.335. The molecule has 1 amide bonds. The second kappa shape index (κ2) is 7.85. The molecule has 8 heteroatoms. The Hall–Kier alpha value is -2.29. The van der Waals surface area contributed by atoms with E-state index in [4.69, 9.17) is 0 Å². The van der Waals surface area contributed by atoms with Crippen molar-refractivity contribution in [2.75, 3.05) is 33.2 Å². The van der Waals surface area contributed by atoms with Crippen LogP contribution in [0.4, 0.5) is 4.39 Å². The van der Waals surface area contributed by atoms with Gasteiger partial charge in [0.15, 0.2) is 0 Å². The minimum Gasteiger partial charge on any atom is -0.339 e. The van der Waals surface area contributed by atoms with Crippen LogP contribution in [0.3, 0.4) is 0 Å². The van der Waals surface area contributed by atoms with Gasteiger partial charge in [-0.15, -0.1) is 0 Å². The van der Waals surface area contributed by atoms with Gasteiger partial charge in [0, 0.05) is 32.7 Å². The molecule has 0 radical (unpaired) electrons. The van der Waals surface area contributed by atoms with E-state index in [1.54, 1.807) is 4.90 Å². The van der Waals surface area contributed by atoms with Crippen molar-refractivity contribution in [2.24, 2.45) is 0 Å². The van der Waals surface area contributed by atoms with Gasteiger partial charge in [-0.05, 0) is 48.9 Å². The molecule has 2 heterocycles. The van der Waals surface area contributed by atoms with Crippen molar-refractivity contribution in [1.82, 2.24) is 14.1 Å². The standard InChI is InChI=1S/C21H24FN3O3S/c1-23-10-12-24(13-11-23)21(26)20-14-16-4-2-3-5-17(16)15-25(20)29(27,28)19-8-6-18(22)7-9-19/h2-9,20H,10-15H2,1H3/t20-/m1/s1. The van der Waals surface area contributed by atoms with Crippen molar-refractivity contribution in [2.45, 2.75) is 23.9 Å². The number of carbonyl (C=O) groups is 1. The number of fused-ring (bicyclic) bond motifs is 1. The van der Waals surface area contributed by atoms with Crippen LogP contribution in [0, 0.1) is 5.82 Å². The van der Waals surface area contributed by atoms with Crippen LogP contribution in [0.5, 0.6) is 0 Å². The van der Waals surface area contributed by atoms with Gasteiger partial charge in [0.05, 0.1) is 4.90 Å². The fourth-order valence-corrected chi connectivity index (χ4v) is 5.50. The maximum Gasteiger partial charge on any atom is 0.244 e. The molecular formula is C21H24FN3O3S. The fourth-order valence-electron chi connectivity index (χ4n) is 3.94. The molecule has 4 rings (SSSR count). The molecule has 2 aliphatic rings. The number of benzene rings is 2. The molecule has 29 heavy (non-hydrogen) atoms. The Kier molecular flexibility index (Phi) is 5.42. The van der Waals surface area contributed by atoms with Gasteiger partial charge in [-0.25, -0.2) is 12.8 Å². The van der Waals surface area contributed by atoms with Gasteiger partial charge in [-0.3, -0.25) is 4.79 Å². The van der Waals surface area contributed by atoms with E-state index in [1.807, 2.05) is 31.3 Å². The molecule has 6 nitrogen and oxygen atoms in total. The normalized spacial score (nSPS) is 21.0. The summed E-state index contributed by atoms with van der Waals surface area (Å²) >= 11 is 0. The van der Waals surface area contributed by atoms with Crippen LogP contribution in [0.2, 0.25) is 0 Å². The third-order valence-electron chi connectivity index (χ3n) is 5.73. The monoisotopic (exact) mass is 417 g/mol. The van der Waals surface area contributed by atoms with Gasteiger partial charge in [0.1, 0.15) is 11.9 Å². The summed E-state index contributed by atoms with van der Waals surface area (Å²) in [5.74, 6) is -0.670.